The molecule has 1 aromatic rings. The summed E-state index contributed by atoms with van der Waals surface area (Å²) in [5, 5.41) is 15.3. The van der Waals surface area contributed by atoms with Gasteiger partial charge in [-0.1, -0.05) is 12.1 Å². The summed E-state index contributed by atoms with van der Waals surface area (Å²) in [6.07, 6.45) is 1.28. The number of para-hydroxylation sites is 2. The van der Waals surface area contributed by atoms with Crippen LogP contribution in [0.1, 0.15) is 0 Å². The highest BCUT2D eigenvalue weighted by Crippen LogP contribution is 2.28. The second-order valence-electron chi connectivity index (χ2n) is 5.46. The fraction of sp³-hybridized carbons (Fsp3) is 0.375. The highest BCUT2D eigenvalue weighted by Gasteiger charge is 2.31. The summed E-state index contributed by atoms with van der Waals surface area (Å²) in [6, 6.07) is 7.74. The maximum Gasteiger partial charge on any atom is 0.277 e. The molecule has 1 saturated heterocycles. The molecule has 3 N–H and O–H groups in total. The summed E-state index contributed by atoms with van der Waals surface area (Å²) in [6.45, 7) is 3.38. The lowest BCUT2D eigenvalue weighted by atomic mass is 10.2. The number of rotatable bonds is 5. The van der Waals surface area contributed by atoms with Crippen LogP contribution in [0.4, 0.5) is 11.4 Å². The van der Waals surface area contributed by atoms with E-state index in [0.29, 0.717) is 0 Å². The number of amides is 2. The molecule has 2 heterocycles. The first-order chi connectivity index (χ1) is 11.2. The van der Waals surface area contributed by atoms with E-state index in [2.05, 4.69) is 15.5 Å². The smallest absolute Gasteiger partial charge is 0.277 e. The minimum absolute atomic E-state index is 0.0127. The third kappa shape index (κ3) is 3.20. The van der Waals surface area contributed by atoms with Crippen molar-refractivity contribution in [2.75, 3.05) is 49.5 Å². The molecule has 0 bridgehead atoms. The number of carbonyl (C=O) groups is 2. The largest absolute Gasteiger partial charge is 0.395 e. The second-order valence-corrected chi connectivity index (χ2v) is 5.46. The van der Waals surface area contributed by atoms with Crippen LogP contribution in [0.25, 0.3) is 0 Å². The van der Waals surface area contributed by atoms with E-state index in [9.17, 15) is 9.59 Å². The molecule has 23 heavy (non-hydrogen) atoms. The minimum atomic E-state index is -0.404. The molecule has 0 aromatic heterocycles. The number of imide groups is 1. The van der Waals surface area contributed by atoms with Gasteiger partial charge in [0.05, 0.1) is 24.5 Å². The fourth-order valence-corrected chi connectivity index (χ4v) is 2.82. The molecule has 2 aliphatic heterocycles. The standard InChI is InChI=1S/C16H20N4O3/c21-10-9-20-15(22)11-13(16(20)23)18-12-3-1-2-4-14(12)19-7-5-17-6-8-19/h1-4,11,17-18,21H,5-10H2. The Morgan fingerprint density at radius 3 is 2.65 bits per heavy atom. The Balaban J connectivity index is 1.80. The zero-order valence-electron chi connectivity index (χ0n) is 12.8. The highest BCUT2D eigenvalue weighted by atomic mass is 16.3. The summed E-state index contributed by atoms with van der Waals surface area (Å²) in [4.78, 5) is 27.3. The molecule has 0 spiro atoms. The van der Waals surface area contributed by atoms with E-state index < -0.39 is 11.8 Å². The number of nitrogens with zero attached hydrogens (tertiary/aromatic N) is 2. The van der Waals surface area contributed by atoms with Gasteiger partial charge in [-0.3, -0.25) is 14.5 Å². The Labute approximate surface area is 134 Å². The van der Waals surface area contributed by atoms with Crippen LogP contribution >= 0.6 is 0 Å². The van der Waals surface area contributed by atoms with Gasteiger partial charge < -0.3 is 20.6 Å². The van der Waals surface area contributed by atoms with Crippen molar-refractivity contribution in [2.45, 2.75) is 0 Å². The Bertz CT molecular complexity index is 638. The van der Waals surface area contributed by atoms with Crippen LogP contribution in [0, 0.1) is 0 Å². The molecular weight excluding hydrogens is 296 g/mol. The molecule has 7 nitrogen and oxygen atoms in total. The van der Waals surface area contributed by atoms with Gasteiger partial charge in [0.1, 0.15) is 5.70 Å². The molecule has 0 atom stereocenters. The summed E-state index contributed by atoms with van der Waals surface area (Å²) >= 11 is 0. The lowest BCUT2D eigenvalue weighted by Crippen LogP contribution is -2.43. The van der Waals surface area contributed by atoms with E-state index >= 15 is 0 Å². The zero-order chi connectivity index (χ0) is 16.2. The summed E-state index contributed by atoms with van der Waals surface area (Å²) in [5.41, 5.74) is 2.05. The van der Waals surface area contributed by atoms with Crippen molar-refractivity contribution in [2.24, 2.45) is 0 Å². The molecule has 3 rings (SSSR count). The quantitative estimate of drug-likeness (QED) is 0.650. The van der Waals surface area contributed by atoms with Crippen molar-refractivity contribution in [1.82, 2.24) is 10.2 Å². The number of anilines is 2. The number of hydrogen-bond donors (Lipinski definition) is 3. The Hall–Kier alpha value is -2.38. The van der Waals surface area contributed by atoms with Gasteiger partial charge in [-0.15, -0.1) is 0 Å². The van der Waals surface area contributed by atoms with Crippen molar-refractivity contribution in [3.05, 3.63) is 36.0 Å². The van der Waals surface area contributed by atoms with Crippen LogP contribution in [0.2, 0.25) is 0 Å². The lowest BCUT2D eigenvalue weighted by Gasteiger charge is -2.31. The van der Waals surface area contributed by atoms with E-state index in [1.54, 1.807) is 0 Å². The first kappa shape index (κ1) is 15.5. The Morgan fingerprint density at radius 1 is 1.17 bits per heavy atom. The normalized spacial score (nSPS) is 18.4. The highest BCUT2D eigenvalue weighted by molar-refractivity contribution is 6.17. The molecule has 122 valence electrons. The van der Waals surface area contributed by atoms with Crippen LogP contribution in [0.15, 0.2) is 36.0 Å². The van der Waals surface area contributed by atoms with Crippen LogP contribution in [0.3, 0.4) is 0 Å². The third-order valence-corrected chi connectivity index (χ3v) is 3.96. The monoisotopic (exact) mass is 316 g/mol. The van der Waals surface area contributed by atoms with Crippen molar-refractivity contribution >= 4 is 23.2 Å². The topological polar surface area (TPSA) is 84.9 Å². The van der Waals surface area contributed by atoms with E-state index in [4.69, 9.17) is 5.11 Å². The number of nitrogens with one attached hydrogen (secondary N) is 2. The number of aliphatic hydroxyl groups is 1. The molecule has 0 saturated carbocycles. The molecule has 1 fully saturated rings. The first-order valence-electron chi connectivity index (χ1n) is 7.71. The number of hydrogen-bond acceptors (Lipinski definition) is 6. The molecule has 0 unspecified atom stereocenters. The predicted molar refractivity (Wildman–Crippen MR) is 87.0 cm³/mol. The molecule has 1 aromatic carbocycles. The molecule has 0 aliphatic carbocycles. The molecule has 2 amide bonds. The van der Waals surface area contributed by atoms with Crippen molar-refractivity contribution < 1.29 is 14.7 Å². The average Bonchev–Trinajstić information content (AvgIpc) is 2.84. The van der Waals surface area contributed by atoms with Gasteiger partial charge in [0.25, 0.3) is 11.8 Å². The molecule has 2 aliphatic rings. The third-order valence-electron chi connectivity index (χ3n) is 3.96. The van der Waals surface area contributed by atoms with Crippen LogP contribution in [-0.4, -0.2) is 61.2 Å². The zero-order valence-corrected chi connectivity index (χ0v) is 12.8. The maximum absolute atomic E-state index is 12.2. The van der Waals surface area contributed by atoms with Crippen molar-refractivity contribution in [3.8, 4) is 0 Å². The maximum atomic E-state index is 12.2. The van der Waals surface area contributed by atoms with E-state index in [-0.39, 0.29) is 18.8 Å². The fourth-order valence-electron chi connectivity index (χ4n) is 2.82. The number of piperazine rings is 1. The van der Waals surface area contributed by atoms with Gasteiger partial charge in [0.15, 0.2) is 0 Å². The SMILES string of the molecule is O=C1C=C(Nc2ccccc2N2CCNCC2)C(=O)N1CCO. The van der Waals surface area contributed by atoms with Gasteiger partial charge in [-0.2, -0.15) is 0 Å². The number of carbonyl (C=O) groups excluding carboxylic acids is 2. The van der Waals surface area contributed by atoms with Gasteiger partial charge in [-0.25, -0.2) is 0 Å². The lowest BCUT2D eigenvalue weighted by molar-refractivity contribution is -0.137. The van der Waals surface area contributed by atoms with Gasteiger partial charge in [0, 0.05) is 32.3 Å². The Morgan fingerprint density at radius 2 is 1.91 bits per heavy atom. The molecule has 7 heteroatoms. The number of benzene rings is 1. The van der Waals surface area contributed by atoms with Crippen molar-refractivity contribution in [1.29, 1.82) is 0 Å². The van der Waals surface area contributed by atoms with E-state index in [0.717, 1.165) is 42.5 Å². The van der Waals surface area contributed by atoms with Gasteiger partial charge in [-0.05, 0) is 12.1 Å². The summed E-state index contributed by atoms with van der Waals surface area (Å²) < 4.78 is 0. The first-order valence-corrected chi connectivity index (χ1v) is 7.71. The van der Waals surface area contributed by atoms with Gasteiger partial charge >= 0.3 is 0 Å². The van der Waals surface area contributed by atoms with E-state index in [1.165, 1.54) is 6.08 Å². The van der Waals surface area contributed by atoms with Crippen LogP contribution < -0.4 is 15.5 Å². The summed E-state index contributed by atoms with van der Waals surface area (Å²) in [7, 11) is 0. The van der Waals surface area contributed by atoms with Crippen LogP contribution in [0.5, 0.6) is 0 Å². The summed E-state index contributed by atoms with van der Waals surface area (Å²) in [5.74, 6) is -0.801. The molecular formula is C16H20N4O3. The number of aliphatic hydroxyl groups excluding tert-OH is 1. The van der Waals surface area contributed by atoms with Gasteiger partial charge in [0.2, 0.25) is 0 Å². The average molecular weight is 316 g/mol. The number of β-amino-alcohol motifs (C(OH)–C–C–N with tert-alkyl or cyclic N) is 1. The molecule has 0 radical (unpaired) electrons. The van der Waals surface area contributed by atoms with Crippen LogP contribution in [-0.2, 0) is 9.59 Å². The van der Waals surface area contributed by atoms with Crippen molar-refractivity contribution in [3.63, 3.8) is 0 Å². The predicted octanol–water partition coefficient (Wildman–Crippen LogP) is -0.247. The Kier molecular flexibility index (Phi) is 4.59. The minimum Gasteiger partial charge on any atom is -0.395 e. The van der Waals surface area contributed by atoms with E-state index in [1.807, 2.05) is 24.3 Å². The second kappa shape index (κ2) is 6.80.